The first-order valence-corrected chi connectivity index (χ1v) is 10.8. The minimum Gasteiger partial charge on any atom is -0.314 e. The molecule has 0 aliphatic rings. The molecule has 0 saturated heterocycles. The quantitative estimate of drug-likeness (QED) is 0.260. The van der Waals surface area contributed by atoms with E-state index >= 15 is 0 Å². The Bertz CT molecular complexity index is 1230. The maximum Gasteiger partial charge on any atom is 0.250 e. The van der Waals surface area contributed by atoms with Crippen LogP contribution in [0.3, 0.4) is 0 Å². The first-order chi connectivity index (χ1) is 15.1. The third kappa shape index (κ3) is 5.38. The number of para-hydroxylation sites is 2. The molecule has 1 amide bonds. The molecule has 0 radical (unpaired) electrons. The van der Waals surface area contributed by atoms with Crippen LogP contribution in [0.2, 0.25) is 0 Å². The molecule has 0 saturated carbocycles. The molecule has 31 heavy (non-hydrogen) atoms. The van der Waals surface area contributed by atoms with Gasteiger partial charge in [0.1, 0.15) is 5.82 Å². The molecule has 156 valence electrons. The molecule has 0 aliphatic carbocycles. The number of nitrogens with zero attached hydrogens (tertiary/aromatic N) is 3. The van der Waals surface area contributed by atoms with Gasteiger partial charge in [0, 0.05) is 0 Å². The van der Waals surface area contributed by atoms with Crippen molar-refractivity contribution in [2.75, 3.05) is 5.75 Å². The molecule has 0 aliphatic heterocycles. The first-order valence-electron chi connectivity index (χ1n) is 9.79. The molecule has 4 aromatic rings. The average Bonchev–Trinajstić information content (AvgIpc) is 3.11. The molecule has 7 heteroatoms. The first kappa shape index (κ1) is 20.8. The summed E-state index contributed by atoms with van der Waals surface area (Å²) in [6, 6.07) is 22.3. The van der Waals surface area contributed by atoms with Gasteiger partial charge in [0.25, 0.3) is 5.91 Å². The van der Waals surface area contributed by atoms with E-state index in [1.807, 2.05) is 24.3 Å². The summed E-state index contributed by atoms with van der Waals surface area (Å²) in [4.78, 5) is 16.9. The molecule has 1 heterocycles. The summed E-state index contributed by atoms with van der Waals surface area (Å²) < 4.78 is 15.3. The van der Waals surface area contributed by atoms with Crippen LogP contribution in [-0.4, -0.2) is 27.4 Å². The van der Waals surface area contributed by atoms with Gasteiger partial charge in [-0.1, -0.05) is 65.9 Å². The van der Waals surface area contributed by atoms with Crippen molar-refractivity contribution in [1.82, 2.24) is 15.0 Å². The highest BCUT2D eigenvalue weighted by molar-refractivity contribution is 7.99. The fraction of sp³-hybridized carbons (Fsp3) is 0.125. The Morgan fingerprint density at radius 1 is 1.13 bits per heavy atom. The maximum absolute atomic E-state index is 13.2. The third-order valence-electron chi connectivity index (χ3n) is 4.66. The Morgan fingerprint density at radius 2 is 1.94 bits per heavy atom. The molecule has 0 atom stereocenters. The summed E-state index contributed by atoms with van der Waals surface area (Å²) >= 11 is 1.36. The number of hydrazone groups is 1. The molecular weight excluding hydrogens is 411 g/mol. The number of carbonyl (C=O) groups excluding carboxylic acids is 1. The standard InChI is InChI=1S/C24H21FN4OS/c1-17-9-11-18(12-10-17)15-29-22-8-3-2-7-21(22)27-24(29)31-16-23(30)28-26-14-19-5-4-6-20(25)13-19/h2-14H,15-16H2,1H3,(H,28,30)/b26-14-. The molecule has 1 aromatic heterocycles. The minimum atomic E-state index is -0.349. The fourth-order valence-electron chi connectivity index (χ4n) is 3.12. The second kappa shape index (κ2) is 9.57. The number of rotatable bonds is 7. The largest absolute Gasteiger partial charge is 0.314 e. The van der Waals surface area contributed by atoms with Gasteiger partial charge in [-0.15, -0.1) is 0 Å². The normalized spacial score (nSPS) is 11.3. The zero-order valence-electron chi connectivity index (χ0n) is 17.0. The van der Waals surface area contributed by atoms with E-state index in [9.17, 15) is 9.18 Å². The highest BCUT2D eigenvalue weighted by Crippen LogP contribution is 2.25. The van der Waals surface area contributed by atoms with Crippen LogP contribution >= 0.6 is 11.8 Å². The highest BCUT2D eigenvalue weighted by Gasteiger charge is 2.13. The fourth-order valence-corrected chi connectivity index (χ4v) is 3.93. The maximum atomic E-state index is 13.2. The number of imidazole rings is 1. The summed E-state index contributed by atoms with van der Waals surface area (Å²) in [6.07, 6.45) is 1.41. The minimum absolute atomic E-state index is 0.164. The molecular formula is C24H21FN4OS. The molecule has 1 N–H and O–H groups in total. The van der Waals surface area contributed by atoms with Gasteiger partial charge in [-0.3, -0.25) is 4.79 Å². The number of halogens is 1. The lowest BCUT2D eigenvalue weighted by molar-refractivity contribution is -0.118. The zero-order valence-corrected chi connectivity index (χ0v) is 17.8. The van der Waals surface area contributed by atoms with Crippen molar-refractivity contribution in [3.05, 3.63) is 95.3 Å². The number of carbonyl (C=O) groups is 1. The molecule has 3 aromatic carbocycles. The van der Waals surface area contributed by atoms with Crippen LogP contribution in [0, 0.1) is 12.7 Å². The highest BCUT2D eigenvalue weighted by atomic mass is 32.2. The van der Waals surface area contributed by atoms with Gasteiger partial charge in [0.15, 0.2) is 5.16 Å². The number of benzene rings is 3. The molecule has 0 spiro atoms. The Hall–Kier alpha value is -3.45. The van der Waals surface area contributed by atoms with E-state index in [0.717, 1.165) is 16.2 Å². The predicted octanol–water partition coefficient (Wildman–Crippen LogP) is 4.77. The van der Waals surface area contributed by atoms with Gasteiger partial charge in [0.05, 0.1) is 29.5 Å². The lowest BCUT2D eigenvalue weighted by Crippen LogP contribution is -2.20. The van der Waals surface area contributed by atoms with Gasteiger partial charge in [-0.25, -0.2) is 14.8 Å². The van der Waals surface area contributed by atoms with E-state index in [1.54, 1.807) is 12.1 Å². The summed E-state index contributed by atoms with van der Waals surface area (Å²) in [5, 5.41) is 4.67. The predicted molar refractivity (Wildman–Crippen MR) is 123 cm³/mol. The second-order valence-electron chi connectivity index (χ2n) is 7.09. The summed E-state index contributed by atoms with van der Waals surface area (Å²) in [7, 11) is 0. The second-order valence-corrected chi connectivity index (χ2v) is 8.03. The Labute approximate surface area is 184 Å². The Balaban J connectivity index is 1.45. The van der Waals surface area contributed by atoms with Gasteiger partial charge in [0.2, 0.25) is 0 Å². The van der Waals surface area contributed by atoms with Crippen LogP contribution in [0.1, 0.15) is 16.7 Å². The monoisotopic (exact) mass is 432 g/mol. The van der Waals surface area contributed by atoms with E-state index in [2.05, 4.69) is 46.3 Å². The van der Waals surface area contributed by atoms with E-state index in [1.165, 1.54) is 41.2 Å². The molecule has 0 unspecified atom stereocenters. The Morgan fingerprint density at radius 3 is 2.74 bits per heavy atom. The van der Waals surface area contributed by atoms with Crippen LogP contribution in [0.4, 0.5) is 4.39 Å². The van der Waals surface area contributed by atoms with Crippen LogP contribution in [-0.2, 0) is 11.3 Å². The summed E-state index contributed by atoms with van der Waals surface area (Å²) in [5.41, 5.74) is 7.35. The number of hydrogen-bond donors (Lipinski definition) is 1. The van der Waals surface area contributed by atoms with Crippen molar-refractivity contribution in [1.29, 1.82) is 0 Å². The van der Waals surface area contributed by atoms with E-state index < -0.39 is 0 Å². The van der Waals surface area contributed by atoms with Crippen LogP contribution in [0.5, 0.6) is 0 Å². The number of amides is 1. The Kier molecular flexibility index (Phi) is 6.43. The van der Waals surface area contributed by atoms with Crippen LogP contribution < -0.4 is 5.43 Å². The van der Waals surface area contributed by atoms with Crippen molar-refractivity contribution in [2.45, 2.75) is 18.6 Å². The van der Waals surface area contributed by atoms with E-state index in [-0.39, 0.29) is 17.5 Å². The van der Waals surface area contributed by atoms with Crippen molar-refractivity contribution < 1.29 is 9.18 Å². The number of aromatic nitrogens is 2. The van der Waals surface area contributed by atoms with Gasteiger partial charge < -0.3 is 4.57 Å². The number of fused-ring (bicyclic) bond motifs is 1. The van der Waals surface area contributed by atoms with Gasteiger partial charge >= 0.3 is 0 Å². The summed E-state index contributed by atoms with van der Waals surface area (Å²) in [6.45, 7) is 2.73. The third-order valence-corrected chi connectivity index (χ3v) is 5.64. The van der Waals surface area contributed by atoms with Crippen LogP contribution in [0.25, 0.3) is 11.0 Å². The molecule has 0 bridgehead atoms. The average molecular weight is 433 g/mol. The topological polar surface area (TPSA) is 59.3 Å². The molecule has 0 fully saturated rings. The van der Waals surface area contributed by atoms with Crippen molar-refractivity contribution >= 4 is 34.9 Å². The van der Waals surface area contributed by atoms with Crippen LogP contribution in [0.15, 0.2) is 83.1 Å². The lowest BCUT2D eigenvalue weighted by atomic mass is 10.1. The SMILES string of the molecule is Cc1ccc(Cn2c(SCC(=O)N/N=C\c3cccc(F)c3)nc3ccccc32)cc1. The van der Waals surface area contributed by atoms with Crippen molar-refractivity contribution in [3.63, 3.8) is 0 Å². The van der Waals surface area contributed by atoms with Crippen molar-refractivity contribution in [2.24, 2.45) is 5.10 Å². The van der Waals surface area contributed by atoms with Gasteiger partial charge in [-0.2, -0.15) is 5.10 Å². The van der Waals surface area contributed by atoms with Crippen molar-refractivity contribution in [3.8, 4) is 0 Å². The van der Waals surface area contributed by atoms with E-state index in [0.29, 0.717) is 12.1 Å². The smallest absolute Gasteiger partial charge is 0.250 e. The molecule has 5 nitrogen and oxygen atoms in total. The van der Waals surface area contributed by atoms with E-state index in [4.69, 9.17) is 4.98 Å². The zero-order chi connectivity index (χ0) is 21.6. The number of aryl methyl sites for hydroxylation is 1. The number of thioether (sulfide) groups is 1. The summed E-state index contributed by atoms with van der Waals surface area (Å²) in [5.74, 6) is -0.442. The van der Waals surface area contributed by atoms with Gasteiger partial charge in [-0.05, 0) is 42.3 Å². The molecule has 4 rings (SSSR count). The number of nitrogens with one attached hydrogen (secondary N) is 1. The number of hydrogen-bond acceptors (Lipinski definition) is 4. The lowest BCUT2D eigenvalue weighted by Gasteiger charge is -2.09.